The zero-order valence-electron chi connectivity index (χ0n) is 11.5. The summed E-state index contributed by atoms with van der Waals surface area (Å²) in [7, 11) is -3.53. The van der Waals surface area contributed by atoms with Crippen LogP contribution < -0.4 is 4.72 Å². The number of aromatic nitrogens is 1. The van der Waals surface area contributed by atoms with E-state index in [-0.39, 0.29) is 0 Å². The zero-order chi connectivity index (χ0) is 14.5. The minimum absolute atomic E-state index is 0.377. The van der Waals surface area contributed by atoms with Crippen LogP contribution in [0.5, 0.6) is 0 Å². The molecule has 0 unspecified atom stereocenters. The van der Waals surface area contributed by atoms with E-state index < -0.39 is 10.2 Å². The molecule has 1 aromatic heterocycles. The lowest BCUT2D eigenvalue weighted by atomic mass is 10.3. The predicted molar refractivity (Wildman–Crippen MR) is 78.7 cm³/mol. The maximum Gasteiger partial charge on any atom is 0.301 e. The van der Waals surface area contributed by atoms with Crippen LogP contribution in [0.25, 0.3) is 0 Å². The van der Waals surface area contributed by atoms with E-state index in [4.69, 9.17) is 11.6 Å². The fourth-order valence-electron chi connectivity index (χ4n) is 1.68. The molecule has 0 bridgehead atoms. The van der Waals surface area contributed by atoms with Gasteiger partial charge in [0.25, 0.3) is 0 Å². The minimum atomic E-state index is -3.53. The first-order chi connectivity index (χ1) is 8.90. The number of halogens is 1. The number of nitrogens with one attached hydrogen (secondary N) is 1. The normalized spacial score (nSPS) is 11.8. The Hall–Kier alpha value is -0.850. The summed E-state index contributed by atoms with van der Waals surface area (Å²) in [4.78, 5) is 3.93. The summed E-state index contributed by atoms with van der Waals surface area (Å²) in [5.41, 5.74) is 1.17. The first-order valence-electron chi connectivity index (χ1n) is 6.30. The smallest absolute Gasteiger partial charge is 0.269 e. The van der Waals surface area contributed by atoms with Gasteiger partial charge in [-0.3, -0.25) is 4.72 Å². The topological polar surface area (TPSA) is 62.3 Å². The number of hydrogen-bond donors (Lipinski definition) is 1. The zero-order valence-corrected chi connectivity index (χ0v) is 13.1. The molecule has 1 heterocycles. The molecule has 0 aromatic carbocycles. The number of anilines is 1. The summed E-state index contributed by atoms with van der Waals surface area (Å²) in [5.74, 6) is 0. The number of pyridine rings is 1. The first kappa shape index (κ1) is 16.2. The molecule has 1 N–H and O–H groups in total. The van der Waals surface area contributed by atoms with Crippen molar-refractivity contribution in [3.63, 3.8) is 0 Å². The molecular formula is C12H20ClN3O2S. The van der Waals surface area contributed by atoms with E-state index in [1.54, 1.807) is 13.0 Å². The van der Waals surface area contributed by atoms with Gasteiger partial charge in [-0.15, -0.1) is 0 Å². The third kappa shape index (κ3) is 4.63. The van der Waals surface area contributed by atoms with Gasteiger partial charge in [-0.05, 0) is 31.4 Å². The Bertz CT molecular complexity index is 514. The summed E-state index contributed by atoms with van der Waals surface area (Å²) >= 11 is 5.82. The lowest BCUT2D eigenvalue weighted by Crippen LogP contribution is -2.37. The lowest BCUT2D eigenvalue weighted by molar-refractivity contribution is 0.413. The SMILES string of the molecule is CCCN(CCC)S(=O)(=O)Nc1cnc(Cl)c(C)c1. The highest BCUT2D eigenvalue weighted by atomic mass is 35.5. The van der Waals surface area contributed by atoms with Crippen molar-refractivity contribution in [1.82, 2.24) is 9.29 Å². The summed E-state index contributed by atoms with van der Waals surface area (Å²) in [5, 5.41) is 0.377. The van der Waals surface area contributed by atoms with Crippen LogP contribution in [-0.4, -0.2) is 30.8 Å². The molecule has 0 aliphatic heterocycles. The fraction of sp³-hybridized carbons (Fsp3) is 0.583. The van der Waals surface area contributed by atoms with E-state index in [9.17, 15) is 8.42 Å². The van der Waals surface area contributed by atoms with E-state index in [0.717, 1.165) is 18.4 Å². The summed E-state index contributed by atoms with van der Waals surface area (Å²) in [6, 6.07) is 1.67. The van der Waals surface area contributed by atoms with Gasteiger partial charge < -0.3 is 0 Å². The second kappa shape index (κ2) is 7.07. The highest BCUT2D eigenvalue weighted by Gasteiger charge is 2.20. The Labute approximate surface area is 120 Å². The van der Waals surface area contributed by atoms with E-state index in [1.807, 2.05) is 13.8 Å². The Morgan fingerprint density at radius 1 is 1.32 bits per heavy atom. The van der Waals surface area contributed by atoms with Gasteiger partial charge in [-0.25, -0.2) is 4.98 Å². The second-order valence-electron chi connectivity index (χ2n) is 4.34. The molecule has 0 saturated carbocycles. The molecule has 0 aliphatic rings. The van der Waals surface area contributed by atoms with Gasteiger partial charge in [-0.2, -0.15) is 12.7 Å². The fourth-order valence-corrected chi connectivity index (χ4v) is 3.17. The molecule has 0 fully saturated rings. The Morgan fingerprint density at radius 2 is 1.89 bits per heavy atom. The molecule has 0 radical (unpaired) electrons. The van der Waals surface area contributed by atoms with Gasteiger partial charge >= 0.3 is 10.2 Å². The number of hydrogen-bond acceptors (Lipinski definition) is 3. The highest BCUT2D eigenvalue weighted by molar-refractivity contribution is 7.90. The molecule has 0 spiro atoms. The van der Waals surface area contributed by atoms with Gasteiger partial charge in [-0.1, -0.05) is 25.4 Å². The van der Waals surface area contributed by atoms with Gasteiger partial charge in [0.05, 0.1) is 11.9 Å². The molecule has 7 heteroatoms. The largest absolute Gasteiger partial charge is 0.301 e. The van der Waals surface area contributed by atoms with Crippen molar-refractivity contribution in [2.24, 2.45) is 0 Å². The Kier molecular flexibility index (Phi) is 6.03. The third-order valence-electron chi connectivity index (χ3n) is 2.55. The molecular weight excluding hydrogens is 286 g/mol. The third-order valence-corrected chi connectivity index (χ3v) is 4.48. The predicted octanol–water partition coefficient (Wildman–Crippen LogP) is 2.82. The van der Waals surface area contributed by atoms with Crippen molar-refractivity contribution in [2.45, 2.75) is 33.6 Å². The molecule has 108 valence electrons. The van der Waals surface area contributed by atoms with Crippen molar-refractivity contribution >= 4 is 27.5 Å². The average Bonchev–Trinajstić information content (AvgIpc) is 2.33. The van der Waals surface area contributed by atoms with Crippen molar-refractivity contribution in [3.8, 4) is 0 Å². The lowest BCUT2D eigenvalue weighted by Gasteiger charge is -2.21. The molecule has 0 aliphatic carbocycles. The maximum atomic E-state index is 12.2. The molecule has 19 heavy (non-hydrogen) atoms. The quantitative estimate of drug-likeness (QED) is 0.788. The van der Waals surface area contributed by atoms with Crippen LogP contribution in [0.4, 0.5) is 5.69 Å². The van der Waals surface area contributed by atoms with Crippen LogP contribution >= 0.6 is 11.6 Å². The summed E-state index contributed by atoms with van der Waals surface area (Å²) in [6.45, 7) is 6.69. The molecule has 0 atom stereocenters. The van der Waals surface area contributed by atoms with Gasteiger partial charge in [0, 0.05) is 13.1 Å². The van der Waals surface area contributed by atoms with E-state index in [1.165, 1.54) is 10.5 Å². The first-order valence-corrected chi connectivity index (χ1v) is 8.12. The van der Waals surface area contributed by atoms with Gasteiger partial charge in [0.1, 0.15) is 5.15 Å². The van der Waals surface area contributed by atoms with Crippen LogP contribution in [0.2, 0.25) is 5.15 Å². The number of aryl methyl sites for hydroxylation is 1. The Morgan fingerprint density at radius 3 is 2.37 bits per heavy atom. The average molecular weight is 306 g/mol. The van der Waals surface area contributed by atoms with Crippen LogP contribution in [0.15, 0.2) is 12.3 Å². The second-order valence-corrected chi connectivity index (χ2v) is 6.37. The van der Waals surface area contributed by atoms with Crippen LogP contribution in [0.1, 0.15) is 32.3 Å². The van der Waals surface area contributed by atoms with Crippen molar-refractivity contribution < 1.29 is 8.42 Å². The standard InChI is InChI=1S/C12H20ClN3O2S/c1-4-6-16(7-5-2)19(17,18)15-11-8-10(3)12(13)14-9-11/h8-9,15H,4-7H2,1-3H3. The highest BCUT2D eigenvalue weighted by Crippen LogP contribution is 2.18. The van der Waals surface area contributed by atoms with Crippen LogP contribution in [-0.2, 0) is 10.2 Å². The Balaban J connectivity index is 2.90. The maximum absolute atomic E-state index is 12.2. The molecule has 5 nitrogen and oxygen atoms in total. The molecule has 1 aromatic rings. The van der Waals surface area contributed by atoms with Gasteiger partial charge in [0.2, 0.25) is 0 Å². The minimum Gasteiger partial charge on any atom is -0.269 e. The van der Waals surface area contributed by atoms with E-state index in [0.29, 0.717) is 23.9 Å². The number of rotatable bonds is 7. The van der Waals surface area contributed by atoms with E-state index >= 15 is 0 Å². The van der Waals surface area contributed by atoms with E-state index in [2.05, 4.69) is 9.71 Å². The van der Waals surface area contributed by atoms with Crippen molar-refractivity contribution in [1.29, 1.82) is 0 Å². The monoisotopic (exact) mass is 305 g/mol. The van der Waals surface area contributed by atoms with Crippen LogP contribution in [0, 0.1) is 6.92 Å². The molecule has 0 saturated heterocycles. The summed E-state index contributed by atoms with van der Waals surface area (Å²) in [6.07, 6.45) is 2.97. The number of nitrogens with zero attached hydrogens (tertiary/aromatic N) is 2. The van der Waals surface area contributed by atoms with Crippen molar-refractivity contribution in [3.05, 3.63) is 23.0 Å². The van der Waals surface area contributed by atoms with Crippen LogP contribution in [0.3, 0.4) is 0 Å². The van der Waals surface area contributed by atoms with Crippen molar-refractivity contribution in [2.75, 3.05) is 17.8 Å². The molecule has 1 rings (SSSR count). The van der Waals surface area contributed by atoms with Gasteiger partial charge in [0.15, 0.2) is 0 Å². The molecule has 0 amide bonds. The summed E-state index contributed by atoms with van der Waals surface area (Å²) < 4.78 is 28.4.